The van der Waals surface area contributed by atoms with Crippen LogP contribution in [0.15, 0.2) is 24.3 Å². The van der Waals surface area contributed by atoms with Crippen LogP contribution in [0.2, 0.25) is 10.0 Å². The van der Waals surface area contributed by atoms with Crippen molar-refractivity contribution in [2.75, 3.05) is 6.61 Å². The van der Waals surface area contributed by atoms with Gasteiger partial charge in [0.05, 0.1) is 5.56 Å². The topological polar surface area (TPSA) is 48.3 Å². The van der Waals surface area contributed by atoms with E-state index in [1.807, 2.05) is 25.5 Å². The number of hydrogen-bond acceptors (Lipinski definition) is 3. The number of esters is 1. The molecule has 0 atom stereocenters. The molecule has 0 bridgehead atoms. The molecule has 6 heteroatoms. The predicted molar refractivity (Wildman–Crippen MR) is 86.0 cm³/mol. The van der Waals surface area contributed by atoms with Crippen LogP contribution < -0.4 is 0 Å². The number of carbonyl (C=O) groups excluding carboxylic acids is 2. The molecule has 2 rings (SSSR count). The maximum atomic E-state index is 12.2. The zero-order chi connectivity index (χ0) is 16.4. The van der Waals surface area contributed by atoms with E-state index in [1.54, 1.807) is 6.07 Å². The summed E-state index contributed by atoms with van der Waals surface area (Å²) in [4.78, 5) is 24.1. The molecule has 1 aromatic heterocycles. The van der Waals surface area contributed by atoms with E-state index in [0.717, 1.165) is 11.4 Å². The SMILES string of the molecule is Cc1cc(C(=O)COC(=O)c2cc(Cl)cc(Cl)c2)c(C)n1C. The zero-order valence-electron chi connectivity index (χ0n) is 12.4. The van der Waals surface area contributed by atoms with Gasteiger partial charge in [0.2, 0.25) is 5.78 Å². The first kappa shape index (κ1) is 16.6. The Labute approximate surface area is 138 Å². The molecule has 0 radical (unpaired) electrons. The number of benzene rings is 1. The first-order valence-corrected chi connectivity index (χ1v) is 7.34. The molecule has 4 nitrogen and oxygen atoms in total. The van der Waals surface area contributed by atoms with E-state index in [2.05, 4.69) is 0 Å². The lowest BCUT2D eigenvalue weighted by atomic mass is 10.1. The van der Waals surface area contributed by atoms with E-state index in [0.29, 0.717) is 15.6 Å². The van der Waals surface area contributed by atoms with E-state index in [9.17, 15) is 9.59 Å². The third-order valence-corrected chi connectivity index (χ3v) is 3.94. The van der Waals surface area contributed by atoms with Gasteiger partial charge in [-0.1, -0.05) is 23.2 Å². The van der Waals surface area contributed by atoms with Crippen LogP contribution in [-0.4, -0.2) is 22.9 Å². The Balaban J connectivity index is 2.07. The predicted octanol–water partition coefficient (Wildman–Crippen LogP) is 3.99. The Hall–Kier alpha value is -1.78. The van der Waals surface area contributed by atoms with Crippen LogP contribution in [0.1, 0.15) is 32.1 Å². The minimum absolute atomic E-state index is 0.214. The molecular weight excluding hydrogens is 325 g/mol. The van der Waals surface area contributed by atoms with Crippen LogP contribution >= 0.6 is 23.2 Å². The second-order valence-corrected chi connectivity index (χ2v) is 5.87. The summed E-state index contributed by atoms with van der Waals surface area (Å²) in [6.07, 6.45) is 0. The Bertz CT molecular complexity index is 730. The van der Waals surface area contributed by atoms with Gasteiger partial charge in [0.15, 0.2) is 6.61 Å². The summed E-state index contributed by atoms with van der Waals surface area (Å²) in [6, 6.07) is 6.18. The molecule has 0 saturated heterocycles. The van der Waals surface area contributed by atoms with Crippen LogP contribution in [0.4, 0.5) is 0 Å². The highest BCUT2D eigenvalue weighted by atomic mass is 35.5. The standard InChI is InChI=1S/C16H15Cl2NO3/c1-9-4-14(10(2)19(9)3)15(20)8-22-16(21)11-5-12(17)7-13(18)6-11/h4-7H,8H2,1-3H3. The maximum Gasteiger partial charge on any atom is 0.338 e. The summed E-state index contributed by atoms with van der Waals surface area (Å²) >= 11 is 11.7. The Morgan fingerprint density at radius 3 is 2.18 bits per heavy atom. The number of rotatable bonds is 4. The van der Waals surface area contributed by atoms with Gasteiger partial charge in [-0.3, -0.25) is 4.79 Å². The molecule has 0 N–H and O–H groups in total. The number of Topliss-reactive ketones (excluding diaryl/α,β-unsaturated/α-hetero) is 1. The van der Waals surface area contributed by atoms with E-state index in [-0.39, 0.29) is 18.0 Å². The highest BCUT2D eigenvalue weighted by Gasteiger charge is 2.17. The quantitative estimate of drug-likeness (QED) is 0.625. The molecule has 1 aromatic carbocycles. The van der Waals surface area contributed by atoms with Crippen LogP contribution in [0.25, 0.3) is 0 Å². The minimum atomic E-state index is -0.636. The van der Waals surface area contributed by atoms with Gasteiger partial charge >= 0.3 is 5.97 Å². The molecule has 0 aliphatic heterocycles. The van der Waals surface area contributed by atoms with Crippen molar-refractivity contribution in [2.24, 2.45) is 7.05 Å². The van der Waals surface area contributed by atoms with Gasteiger partial charge in [-0.15, -0.1) is 0 Å². The Morgan fingerprint density at radius 2 is 1.68 bits per heavy atom. The van der Waals surface area contributed by atoms with Crippen molar-refractivity contribution in [3.05, 3.63) is 56.8 Å². The minimum Gasteiger partial charge on any atom is -0.454 e. The number of aromatic nitrogens is 1. The van der Waals surface area contributed by atoms with E-state index in [1.165, 1.54) is 18.2 Å². The second-order valence-electron chi connectivity index (χ2n) is 5.00. The van der Waals surface area contributed by atoms with Crippen molar-refractivity contribution < 1.29 is 14.3 Å². The van der Waals surface area contributed by atoms with Gasteiger partial charge in [0.1, 0.15) is 0 Å². The molecule has 1 heterocycles. The van der Waals surface area contributed by atoms with Crippen molar-refractivity contribution in [3.8, 4) is 0 Å². The van der Waals surface area contributed by atoms with Crippen molar-refractivity contribution >= 4 is 35.0 Å². The summed E-state index contributed by atoms with van der Waals surface area (Å²) in [5.41, 5.74) is 2.57. The van der Waals surface area contributed by atoms with Crippen molar-refractivity contribution in [2.45, 2.75) is 13.8 Å². The van der Waals surface area contributed by atoms with Crippen LogP contribution in [0.5, 0.6) is 0 Å². The van der Waals surface area contributed by atoms with Crippen LogP contribution in [0, 0.1) is 13.8 Å². The molecule has 0 aliphatic carbocycles. The number of ether oxygens (including phenoxy) is 1. The fourth-order valence-electron chi connectivity index (χ4n) is 2.10. The molecule has 2 aromatic rings. The maximum absolute atomic E-state index is 12.2. The summed E-state index contributed by atoms with van der Waals surface area (Å²) in [7, 11) is 1.88. The summed E-state index contributed by atoms with van der Waals surface area (Å²) < 4.78 is 6.95. The lowest BCUT2D eigenvalue weighted by Crippen LogP contribution is -2.15. The summed E-state index contributed by atoms with van der Waals surface area (Å²) in [6.45, 7) is 3.43. The lowest BCUT2D eigenvalue weighted by molar-refractivity contribution is 0.0474. The van der Waals surface area contributed by atoms with Crippen molar-refractivity contribution in [1.29, 1.82) is 0 Å². The Morgan fingerprint density at radius 1 is 1.09 bits per heavy atom. The molecule has 0 aliphatic rings. The summed E-state index contributed by atoms with van der Waals surface area (Å²) in [5, 5.41) is 0.667. The number of halogens is 2. The molecule has 22 heavy (non-hydrogen) atoms. The molecule has 116 valence electrons. The summed E-state index contributed by atoms with van der Waals surface area (Å²) in [5.74, 6) is -0.884. The normalized spacial score (nSPS) is 10.6. The highest BCUT2D eigenvalue weighted by molar-refractivity contribution is 6.35. The molecule has 0 saturated carbocycles. The molecular formula is C16H15Cl2NO3. The van der Waals surface area contributed by atoms with Crippen LogP contribution in [0.3, 0.4) is 0 Å². The van der Waals surface area contributed by atoms with Gasteiger partial charge in [-0.25, -0.2) is 4.79 Å². The van der Waals surface area contributed by atoms with Gasteiger partial charge < -0.3 is 9.30 Å². The second kappa shape index (κ2) is 6.55. The van der Waals surface area contributed by atoms with Gasteiger partial charge in [0, 0.05) is 34.0 Å². The van der Waals surface area contributed by atoms with E-state index in [4.69, 9.17) is 27.9 Å². The van der Waals surface area contributed by atoms with Crippen LogP contribution in [-0.2, 0) is 11.8 Å². The van der Waals surface area contributed by atoms with Gasteiger partial charge in [-0.05, 0) is 38.1 Å². The number of aryl methyl sites for hydroxylation is 1. The first-order chi connectivity index (χ1) is 10.3. The number of carbonyl (C=O) groups is 2. The molecule has 0 spiro atoms. The number of ketones is 1. The average Bonchev–Trinajstić information content (AvgIpc) is 2.71. The number of hydrogen-bond donors (Lipinski definition) is 0. The monoisotopic (exact) mass is 339 g/mol. The Kier molecular flexibility index (Phi) is 4.94. The largest absolute Gasteiger partial charge is 0.454 e. The fraction of sp³-hybridized carbons (Fsp3) is 0.250. The molecule has 0 unspecified atom stereocenters. The zero-order valence-corrected chi connectivity index (χ0v) is 14.0. The first-order valence-electron chi connectivity index (χ1n) is 6.59. The third-order valence-electron chi connectivity index (χ3n) is 3.51. The van der Waals surface area contributed by atoms with Gasteiger partial charge in [-0.2, -0.15) is 0 Å². The number of nitrogens with zero attached hydrogens (tertiary/aromatic N) is 1. The smallest absolute Gasteiger partial charge is 0.338 e. The third kappa shape index (κ3) is 3.51. The van der Waals surface area contributed by atoms with Crippen molar-refractivity contribution in [3.63, 3.8) is 0 Å². The van der Waals surface area contributed by atoms with Crippen molar-refractivity contribution in [1.82, 2.24) is 4.57 Å². The highest BCUT2D eigenvalue weighted by Crippen LogP contribution is 2.20. The average molecular weight is 340 g/mol. The van der Waals surface area contributed by atoms with E-state index < -0.39 is 5.97 Å². The lowest BCUT2D eigenvalue weighted by Gasteiger charge is -2.06. The molecule has 0 fully saturated rings. The fourth-order valence-corrected chi connectivity index (χ4v) is 2.63. The van der Waals surface area contributed by atoms with Gasteiger partial charge in [0.25, 0.3) is 0 Å². The van der Waals surface area contributed by atoms with E-state index >= 15 is 0 Å². The molecule has 0 amide bonds.